The third kappa shape index (κ3) is 2.74. The summed E-state index contributed by atoms with van der Waals surface area (Å²) in [6.07, 6.45) is 6.77. The summed E-state index contributed by atoms with van der Waals surface area (Å²) >= 11 is 0. The van der Waals surface area contributed by atoms with Crippen LogP contribution in [0.4, 0.5) is 0 Å². The molecule has 2 amide bonds. The van der Waals surface area contributed by atoms with E-state index < -0.39 is 0 Å². The van der Waals surface area contributed by atoms with Crippen molar-refractivity contribution >= 4 is 11.8 Å². The van der Waals surface area contributed by atoms with Gasteiger partial charge in [-0.05, 0) is 26.2 Å². The number of amides is 2. The van der Waals surface area contributed by atoms with E-state index in [2.05, 4.69) is 19.2 Å². The maximum atomic E-state index is 12.3. The quantitative estimate of drug-likeness (QED) is 0.759. The lowest BCUT2D eigenvalue weighted by Crippen LogP contribution is -2.45. The van der Waals surface area contributed by atoms with Gasteiger partial charge in [-0.3, -0.25) is 14.5 Å². The molecule has 0 spiro atoms. The number of imide groups is 1. The molecule has 0 radical (unpaired) electrons. The molecule has 2 atom stereocenters. The van der Waals surface area contributed by atoms with E-state index >= 15 is 0 Å². The Morgan fingerprint density at radius 1 is 1.33 bits per heavy atom. The number of carbonyl (C=O) groups excluding carboxylic acids is 2. The summed E-state index contributed by atoms with van der Waals surface area (Å²) in [5, 5.41) is 3.30. The second kappa shape index (κ2) is 5.83. The van der Waals surface area contributed by atoms with Crippen molar-refractivity contribution in [1.82, 2.24) is 10.2 Å². The molecule has 1 saturated heterocycles. The molecule has 1 saturated carbocycles. The number of hydrogen-bond donors (Lipinski definition) is 1. The molecule has 0 aromatic carbocycles. The predicted octanol–water partition coefficient (Wildman–Crippen LogP) is 1.83. The molecule has 18 heavy (non-hydrogen) atoms. The molecule has 4 nitrogen and oxygen atoms in total. The summed E-state index contributed by atoms with van der Waals surface area (Å²) in [4.78, 5) is 25.8. The van der Waals surface area contributed by atoms with Gasteiger partial charge in [-0.15, -0.1) is 0 Å². The molecular weight excluding hydrogens is 228 g/mol. The number of carbonyl (C=O) groups is 2. The molecule has 1 N–H and O–H groups in total. The van der Waals surface area contributed by atoms with Crippen molar-refractivity contribution in [2.24, 2.45) is 0 Å². The van der Waals surface area contributed by atoms with E-state index in [0.717, 1.165) is 38.5 Å². The highest BCUT2D eigenvalue weighted by Crippen LogP contribution is 2.28. The number of nitrogens with zero attached hydrogens (tertiary/aromatic N) is 1. The first kappa shape index (κ1) is 13.5. The standard InChI is InChI=1S/C14H24N2O2/c1-3-6-10(2)15-12-9-13(17)16(14(12)18)11-7-4-5-8-11/h10-12,15H,3-9H2,1-2H3. The van der Waals surface area contributed by atoms with Crippen LogP contribution in [0.25, 0.3) is 0 Å². The summed E-state index contributed by atoms with van der Waals surface area (Å²) in [5.74, 6) is 0.0305. The van der Waals surface area contributed by atoms with Gasteiger partial charge < -0.3 is 5.32 Å². The van der Waals surface area contributed by atoms with Crippen molar-refractivity contribution in [3.63, 3.8) is 0 Å². The van der Waals surface area contributed by atoms with Gasteiger partial charge >= 0.3 is 0 Å². The maximum Gasteiger partial charge on any atom is 0.247 e. The van der Waals surface area contributed by atoms with Gasteiger partial charge in [-0.2, -0.15) is 0 Å². The number of likely N-dealkylation sites (tertiary alicyclic amines) is 1. The highest BCUT2D eigenvalue weighted by molar-refractivity contribution is 6.05. The molecular formula is C14H24N2O2. The maximum absolute atomic E-state index is 12.3. The van der Waals surface area contributed by atoms with Gasteiger partial charge in [-0.25, -0.2) is 0 Å². The summed E-state index contributed by atoms with van der Waals surface area (Å²) in [7, 11) is 0. The first-order valence-electron chi connectivity index (χ1n) is 7.25. The molecule has 0 aromatic rings. The molecule has 0 aromatic heterocycles. The predicted molar refractivity (Wildman–Crippen MR) is 70.0 cm³/mol. The average molecular weight is 252 g/mol. The summed E-state index contributed by atoms with van der Waals surface area (Å²) in [6, 6.07) is 0.207. The lowest BCUT2D eigenvalue weighted by molar-refractivity contribution is -0.141. The largest absolute Gasteiger partial charge is 0.303 e. The molecule has 2 fully saturated rings. The van der Waals surface area contributed by atoms with Crippen molar-refractivity contribution in [3.8, 4) is 0 Å². The first-order chi connectivity index (χ1) is 8.63. The molecule has 1 aliphatic carbocycles. The third-order valence-corrected chi connectivity index (χ3v) is 4.08. The minimum atomic E-state index is -0.278. The minimum Gasteiger partial charge on any atom is -0.303 e. The van der Waals surface area contributed by atoms with Gasteiger partial charge in [0, 0.05) is 12.1 Å². The van der Waals surface area contributed by atoms with Crippen LogP contribution in [0.15, 0.2) is 0 Å². The van der Waals surface area contributed by atoms with E-state index in [0.29, 0.717) is 12.5 Å². The minimum absolute atomic E-state index is 0.00912. The molecule has 2 unspecified atom stereocenters. The van der Waals surface area contributed by atoms with Gasteiger partial charge in [0.15, 0.2) is 0 Å². The van der Waals surface area contributed by atoms with Crippen molar-refractivity contribution in [2.45, 2.75) is 76.9 Å². The summed E-state index contributed by atoms with van der Waals surface area (Å²) in [5.41, 5.74) is 0. The number of hydrogen-bond acceptors (Lipinski definition) is 3. The van der Waals surface area contributed by atoms with Crippen molar-refractivity contribution < 1.29 is 9.59 Å². The SMILES string of the molecule is CCCC(C)NC1CC(=O)N(C2CCCC2)C1=O. The van der Waals surface area contributed by atoms with Crippen molar-refractivity contribution in [1.29, 1.82) is 0 Å². The molecule has 4 heteroatoms. The Balaban J connectivity index is 1.95. The van der Waals surface area contributed by atoms with Gasteiger partial charge in [0.25, 0.3) is 0 Å². The summed E-state index contributed by atoms with van der Waals surface area (Å²) in [6.45, 7) is 4.21. The van der Waals surface area contributed by atoms with Crippen LogP contribution in [0, 0.1) is 0 Å². The van der Waals surface area contributed by atoms with Crippen molar-refractivity contribution in [2.75, 3.05) is 0 Å². The lowest BCUT2D eigenvalue weighted by Gasteiger charge is -2.23. The Hall–Kier alpha value is -0.900. The van der Waals surface area contributed by atoms with Gasteiger partial charge in [0.2, 0.25) is 11.8 Å². The Labute approximate surface area is 109 Å². The van der Waals surface area contributed by atoms with Gasteiger partial charge in [0.1, 0.15) is 0 Å². The molecule has 0 bridgehead atoms. The zero-order valence-corrected chi connectivity index (χ0v) is 11.4. The van der Waals surface area contributed by atoms with E-state index in [4.69, 9.17) is 0 Å². The fourth-order valence-electron chi connectivity index (χ4n) is 3.19. The molecule has 2 rings (SSSR count). The average Bonchev–Trinajstić information content (AvgIpc) is 2.89. The second-order valence-electron chi connectivity index (χ2n) is 5.65. The normalized spacial score (nSPS) is 27.2. The van der Waals surface area contributed by atoms with Crippen LogP contribution >= 0.6 is 0 Å². The zero-order chi connectivity index (χ0) is 13.1. The van der Waals surface area contributed by atoms with Crippen LogP contribution in [0.5, 0.6) is 0 Å². The Bertz CT molecular complexity index is 324. The Kier molecular flexibility index (Phi) is 4.38. The highest BCUT2D eigenvalue weighted by atomic mass is 16.2. The van der Waals surface area contributed by atoms with Gasteiger partial charge in [0.05, 0.1) is 12.5 Å². The second-order valence-corrected chi connectivity index (χ2v) is 5.65. The van der Waals surface area contributed by atoms with Crippen LogP contribution in [0.2, 0.25) is 0 Å². The molecule has 1 heterocycles. The number of nitrogens with one attached hydrogen (secondary N) is 1. The molecule has 2 aliphatic rings. The van der Waals surface area contributed by atoms with E-state index in [9.17, 15) is 9.59 Å². The van der Waals surface area contributed by atoms with Crippen LogP contribution < -0.4 is 5.32 Å². The van der Waals surface area contributed by atoms with Gasteiger partial charge in [-0.1, -0.05) is 26.2 Å². The molecule has 1 aliphatic heterocycles. The highest BCUT2D eigenvalue weighted by Gasteiger charge is 2.43. The van der Waals surface area contributed by atoms with Crippen LogP contribution in [0.3, 0.4) is 0 Å². The smallest absolute Gasteiger partial charge is 0.247 e. The number of rotatable bonds is 5. The summed E-state index contributed by atoms with van der Waals surface area (Å²) < 4.78 is 0. The third-order valence-electron chi connectivity index (χ3n) is 4.08. The van der Waals surface area contributed by atoms with Crippen LogP contribution in [-0.4, -0.2) is 34.8 Å². The first-order valence-corrected chi connectivity index (χ1v) is 7.25. The fraction of sp³-hybridized carbons (Fsp3) is 0.857. The van der Waals surface area contributed by atoms with E-state index in [1.165, 1.54) is 0 Å². The van der Waals surface area contributed by atoms with E-state index in [1.54, 1.807) is 4.90 Å². The van der Waals surface area contributed by atoms with Crippen LogP contribution in [-0.2, 0) is 9.59 Å². The zero-order valence-electron chi connectivity index (χ0n) is 11.4. The van der Waals surface area contributed by atoms with Crippen molar-refractivity contribution in [3.05, 3.63) is 0 Å². The molecule has 102 valence electrons. The van der Waals surface area contributed by atoms with E-state index in [-0.39, 0.29) is 23.9 Å². The van der Waals surface area contributed by atoms with E-state index in [1.807, 2.05) is 0 Å². The Morgan fingerprint density at radius 2 is 2.00 bits per heavy atom. The monoisotopic (exact) mass is 252 g/mol. The fourth-order valence-corrected chi connectivity index (χ4v) is 3.19. The van der Waals surface area contributed by atoms with Crippen LogP contribution in [0.1, 0.15) is 58.8 Å². The topological polar surface area (TPSA) is 49.4 Å². The lowest BCUT2D eigenvalue weighted by atomic mass is 10.1. The Morgan fingerprint density at radius 3 is 2.61 bits per heavy atom.